The van der Waals surface area contributed by atoms with Gasteiger partial charge >= 0.3 is 0 Å². The van der Waals surface area contributed by atoms with E-state index in [1.165, 1.54) is 5.56 Å². The van der Waals surface area contributed by atoms with E-state index in [4.69, 9.17) is 15.3 Å². The number of ether oxygens (including phenoxy) is 2. The van der Waals surface area contributed by atoms with Gasteiger partial charge in [0.1, 0.15) is 25.4 Å². The first-order valence-corrected chi connectivity index (χ1v) is 13.5. The smallest absolute Gasteiger partial charge is 0.254 e. The molecule has 4 aromatic rings. The van der Waals surface area contributed by atoms with Crippen LogP contribution in [-0.2, 0) is 24.4 Å². The molecule has 0 saturated carbocycles. The van der Waals surface area contributed by atoms with Gasteiger partial charge < -0.3 is 19.9 Å². The molecule has 0 aliphatic carbocycles. The Labute approximate surface area is 235 Å². The molecule has 0 fully saturated rings. The van der Waals surface area contributed by atoms with E-state index >= 15 is 0 Å². The fraction of sp³-hybridized carbons (Fsp3) is 0.242. The van der Waals surface area contributed by atoms with Crippen LogP contribution in [0.5, 0.6) is 11.5 Å². The van der Waals surface area contributed by atoms with E-state index in [1.807, 2.05) is 85.8 Å². The molecular formula is C33H37N3O4. The summed E-state index contributed by atoms with van der Waals surface area (Å²) in [7, 11) is 0. The Balaban J connectivity index is 1.51. The molecule has 4 aromatic carbocycles. The number of amides is 1. The largest absolute Gasteiger partial charge is 0.485 e. The Hall–Kier alpha value is -4.17. The van der Waals surface area contributed by atoms with Crippen LogP contribution in [0, 0.1) is 0 Å². The standard InChI is InChI=1S/C33H37N3O4/c1-24(17-18-25-11-5-2-6-12-25)35-31(33(38)36-34)32(37)28-19-20-29(39-22-26-13-7-3-8-14-26)30(21-28)40-23-27-15-9-4-10-16-27/h2-16,19-21,24,31-32,35,37H,17-18,22-23,34H2,1H3,(H,36,38)/t24?,31-,32?/m0/s1. The van der Waals surface area contributed by atoms with Crippen LogP contribution in [-0.4, -0.2) is 23.1 Å². The zero-order chi connectivity index (χ0) is 28.2. The summed E-state index contributed by atoms with van der Waals surface area (Å²) in [6.45, 7) is 2.67. The molecule has 7 nitrogen and oxygen atoms in total. The van der Waals surface area contributed by atoms with Gasteiger partial charge in [-0.1, -0.05) is 97.1 Å². The van der Waals surface area contributed by atoms with E-state index in [-0.39, 0.29) is 6.04 Å². The number of carbonyl (C=O) groups excluding carboxylic acids is 1. The number of nitrogens with one attached hydrogen (secondary N) is 2. The van der Waals surface area contributed by atoms with Crippen LogP contribution in [0.4, 0.5) is 0 Å². The van der Waals surface area contributed by atoms with E-state index in [2.05, 4.69) is 22.9 Å². The van der Waals surface area contributed by atoms with Gasteiger partial charge in [0, 0.05) is 6.04 Å². The zero-order valence-corrected chi connectivity index (χ0v) is 22.7. The molecule has 40 heavy (non-hydrogen) atoms. The first-order chi connectivity index (χ1) is 19.5. The van der Waals surface area contributed by atoms with E-state index in [9.17, 15) is 9.90 Å². The summed E-state index contributed by atoms with van der Waals surface area (Å²) in [5.41, 5.74) is 5.92. The monoisotopic (exact) mass is 539 g/mol. The van der Waals surface area contributed by atoms with Crippen molar-refractivity contribution in [1.82, 2.24) is 10.7 Å². The predicted molar refractivity (Wildman–Crippen MR) is 156 cm³/mol. The van der Waals surface area contributed by atoms with Gasteiger partial charge in [-0.25, -0.2) is 5.84 Å². The SMILES string of the molecule is CC(CCc1ccccc1)N[C@H](C(=O)NN)C(O)c1ccc(OCc2ccccc2)c(OCc2ccccc2)c1. The molecule has 1 amide bonds. The average molecular weight is 540 g/mol. The molecule has 2 unspecified atom stereocenters. The molecule has 5 N–H and O–H groups in total. The van der Waals surface area contributed by atoms with Crippen LogP contribution in [0.2, 0.25) is 0 Å². The number of hydrazine groups is 1. The Bertz CT molecular complexity index is 1320. The van der Waals surface area contributed by atoms with Crippen molar-refractivity contribution in [3.63, 3.8) is 0 Å². The number of carbonyl (C=O) groups is 1. The van der Waals surface area contributed by atoms with Gasteiger partial charge in [0.05, 0.1) is 0 Å². The lowest BCUT2D eigenvalue weighted by Gasteiger charge is -2.27. The number of aliphatic hydroxyl groups is 1. The second-order valence-corrected chi connectivity index (χ2v) is 9.78. The lowest BCUT2D eigenvalue weighted by Crippen LogP contribution is -2.52. The minimum atomic E-state index is -1.18. The quantitative estimate of drug-likeness (QED) is 0.104. The highest BCUT2D eigenvalue weighted by Gasteiger charge is 2.29. The van der Waals surface area contributed by atoms with E-state index in [0.29, 0.717) is 30.3 Å². The number of benzene rings is 4. The van der Waals surface area contributed by atoms with Crippen LogP contribution in [0.25, 0.3) is 0 Å². The number of hydrogen-bond donors (Lipinski definition) is 4. The van der Waals surface area contributed by atoms with Crippen LogP contribution < -0.4 is 26.1 Å². The second-order valence-electron chi connectivity index (χ2n) is 9.78. The predicted octanol–water partition coefficient (Wildman–Crippen LogP) is 4.85. The molecule has 0 heterocycles. The fourth-order valence-corrected chi connectivity index (χ4v) is 4.42. The first kappa shape index (κ1) is 28.8. The Morgan fingerprint density at radius 2 is 1.30 bits per heavy atom. The normalized spacial score (nSPS) is 13.2. The summed E-state index contributed by atoms with van der Waals surface area (Å²) in [6, 6.07) is 34.0. The number of rotatable bonds is 14. The van der Waals surface area contributed by atoms with Crippen molar-refractivity contribution in [2.45, 2.75) is 51.2 Å². The lowest BCUT2D eigenvalue weighted by atomic mass is 9.99. The van der Waals surface area contributed by atoms with Gasteiger partial charge in [-0.15, -0.1) is 0 Å². The number of nitrogens with two attached hydrogens (primary N) is 1. The van der Waals surface area contributed by atoms with Crippen molar-refractivity contribution < 1.29 is 19.4 Å². The fourth-order valence-electron chi connectivity index (χ4n) is 4.42. The average Bonchev–Trinajstić information content (AvgIpc) is 3.01. The third-order valence-electron chi connectivity index (χ3n) is 6.70. The van der Waals surface area contributed by atoms with E-state index in [1.54, 1.807) is 18.2 Å². The minimum absolute atomic E-state index is 0.0561. The van der Waals surface area contributed by atoms with E-state index in [0.717, 1.165) is 24.0 Å². The molecule has 0 aromatic heterocycles. The summed E-state index contributed by atoms with van der Waals surface area (Å²) in [4.78, 5) is 12.7. The highest BCUT2D eigenvalue weighted by Crippen LogP contribution is 2.33. The van der Waals surface area contributed by atoms with Crippen LogP contribution in [0.3, 0.4) is 0 Å². The molecule has 0 spiro atoms. The van der Waals surface area contributed by atoms with Crippen LogP contribution in [0.15, 0.2) is 109 Å². The highest BCUT2D eigenvalue weighted by molar-refractivity contribution is 5.82. The maximum absolute atomic E-state index is 12.7. The summed E-state index contributed by atoms with van der Waals surface area (Å²) >= 11 is 0. The third kappa shape index (κ3) is 8.41. The minimum Gasteiger partial charge on any atom is -0.485 e. The van der Waals surface area contributed by atoms with Crippen molar-refractivity contribution in [2.75, 3.05) is 0 Å². The maximum atomic E-state index is 12.7. The highest BCUT2D eigenvalue weighted by atomic mass is 16.5. The Morgan fingerprint density at radius 1 is 0.775 bits per heavy atom. The van der Waals surface area contributed by atoms with Crippen molar-refractivity contribution in [3.05, 3.63) is 131 Å². The van der Waals surface area contributed by atoms with Crippen LogP contribution >= 0.6 is 0 Å². The van der Waals surface area contributed by atoms with E-state index < -0.39 is 18.1 Å². The van der Waals surface area contributed by atoms with Gasteiger partial charge in [0.2, 0.25) is 0 Å². The van der Waals surface area contributed by atoms with Gasteiger partial charge in [0.15, 0.2) is 11.5 Å². The topological polar surface area (TPSA) is 106 Å². The lowest BCUT2D eigenvalue weighted by molar-refractivity contribution is -0.126. The summed E-state index contributed by atoms with van der Waals surface area (Å²) in [6.07, 6.45) is 0.445. The van der Waals surface area contributed by atoms with Crippen LogP contribution in [0.1, 0.15) is 41.7 Å². The molecule has 4 rings (SSSR count). The van der Waals surface area contributed by atoms with Gasteiger partial charge in [-0.3, -0.25) is 10.2 Å². The number of aliphatic hydroxyl groups excluding tert-OH is 1. The van der Waals surface area contributed by atoms with Gasteiger partial charge in [-0.05, 0) is 54.2 Å². The first-order valence-electron chi connectivity index (χ1n) is 13.5. The molecule has 7 heteroatoms. The Kier molecular flexibility index (Phi) is 10.7. The zero-order valence-electron chi connectivity index (χ0n) is 22.7. The molecule has 0 radical (unpaired) electrons. The summed E-state index contributed by atoms with van der Waals surface area (Å²) < 4.78 is 12.2. The van der Waals surface area contributed by atoms with Crippen molar-refractivity contribution in [1.29, 1.82) is 0 Å². The van der Waals surface area contributed by atoms with Crippen molar-refractivity contribution >= 4 is 5.91 Å². The Morgan fingerprint density at radius 3 is 1.85 bits per heavy atom. The van der Waals surface area contributed by atoms with Gasteiger partial charge in [-0.2, -0.15) is 0 Å². The number of hydrogen-bond acceptors (Lipinski definition) is 6. The molecule has 0 bridgehead atoms. The molecule has 0 saturated heterocycles. The second kappa shape index (κ2) is 14.8. The molecule has 0 aliphatic heterocycles. The summed E-state index contributed by atoms with van der Waals surface area (Å²) in [5, 5.41) is 14.6. The third-order valence-corrected chi connectivity index (χ3v) is 6.70. The van der Waals surface area contributed by atoms with Gasteiger partial charge in [0.25, 0.3) is 5.91 Å². The molecule has 208 valence electrons. The summed E-state index contributed by atoms with van der Waals surface area (Å²) in [5.74, 6) is 6.00. The maximum Gasteiger partial charge on any atom is 0.254 e. The van der Waals surface area contributed by atoms with Crippen molar-refractivity contribution in [2.24, 2.45) is 5.84 Å². The van der Waals surface area contributed by atoms with Crippen molar-refractivity contribution in [3.8, 4) is 11.5 Å². The molecule has 3 atom stereocenters. The number of aryl methyl sites for hydroxylation is 1. The molecule has 0 aliphatic rings. The molecular weight excluding hydrogens is 502 g/mol.